The molecule has 5 heteroatoms. The second-order valence-corrected chi connectivity index (χ2v) is 2.93. The van der Waals surface area contributed by atoms with E-state index in [1.165, 1.54) is 0 Å². The molecule has 0 spiro atoms. The van der Waals surface area contributed by atoms with Gasteiger partial charge in [0.05, 0.1) is 12.1 Å². The molecular weight excluding hydrogens is 187 g/mol. The summed E-state index contributed by atoms with van der Waals surface area (Å²) in [6.45, 7) is 0. The molecule has 0 fully saturated rings. The Hall–Kier alpha value is -1.91. The first-order valence-electron chi connectivity index (χ1n) is 4.05. The lowest BCUT2D eigenvalue weighted by Crippen LogP contribution is -2.16. The van der Waals surface area contributed by atoms with Gasteiger partial charge in [-0.1, -0.05) is 16.6 Å². The third-order valence-corrected chi connectivity index (χ3v) is 2.09. The van der Waals surface area contributed by atoms with Crippen LogP contribution in [0.25, 0.3) is 0 Å². The molecule has 4 nitrogen and oxygen atoms in total. The van der Waals surface area contributed by atoms with Gasteiger partial charge in [-0.05, 0) is 11.6 Å². The molecule has 0 atom stereocenters. The maximum Gasteiger partial charge on any atom is 0.259 e. The van der Waals surface area contributed by atoms with Gasteiger partial charge < -0.3 is 5.32 Å². The summed E-state index contributed by atoms with van der Waals surface area (Å²) in [7, 11) is 0. The Morgan fingerprint density at radius 3 is 3.00 bits per heavy atom. The van der Waals surface area contributed by atoms with Gasteiger partial charge in [-0.2, -0.15) is 0 Å². The van der Waals surface area contributed by atoms with E-state index in [2.05, 4.69) is 5.32 Å². The molecule has 1 aliphatic heterocycles. The number of para-hydroxylation sites is 1. The highest BCUT2D eigenvalue weighted by Gasteiger charge is 2.29. The summed E-state index contributed by atoms with van der Waals surface area (Å²) in [6.07, 6.45) is 0.493. The van der Waals surface area contributed by atoms with Crippen molar-refractivity contribution in [3.8, 4) is 0 Å². The molecule has 2 amide bonds. The van der Waals surface area contributed by atoms with Crippen LogP contribution in [-0.2, 0) is 16.0 Å². The summed E-state index contributed by atoms with van der Waals surface area (Å²) in [5.74, 6) is -0.611. The monoisotopic (exact) mass is 194 g/mol. The Labute approximate surface area is 79.3 Å². The number of amides is 2. The van der Waals surface area contributed by atoms with Crippen LogP contribution >= 0.6 is 0 Å². The number of nitrogens with one attached hydrogen (secondary N) is 1. The molecule has 0 aliphatic carbocycles. The van der Waals surface area contributed by atoms with Crippen molar-refractivity contribution in [1.82, 2.24) is 0 Å². The standard InChI is InChI=1S/C9H7FN2O2/c10-12-8(14)4-6-2-1-3-7(9(6)12)11-5-13/h1-3,5H,4H2,(H,11,13). The number of carbonyl (C=O) groups excluding carboxylic acids is 2. The van der Waals surface area contributed by atoms with Gasteiger partial charge in [0, 0.05) is 0 Å². The summed E-state index contributed by atoms with van der Waals surface area (Å²) in [5, 5.41) is 2.42. The van der Waals surface area contributed by atoms with Gasteiger partial charge in [-0.3, -0.25) is 9.59 Å². The largest absolute Gasteiger partial charge is 0.327 e. The number of carbonyl (C=O) groups is 2. The van der Waals surface area contributed by atoms with Gasteiger partial charge in [0.25, 0.3) is 5.91 Å². The zero-order chi connectivity index (χ0) is 10.1. The summed E-state index contributed by atoms with van der Waals surface area (Å²) in [4.78, 5) is 21.2. The van der Waals surface area contributed by atoms with Crippen LogP contribution in [0.2, 0.25) is 0 Å². The molecule has 0 radical (unpaired) electrons. The van der Waals surface area contributed by atoms with Crippen LogP contribution in [0.1, 0.15) is 5.56 Å². The number of hydrogen-bond acceptors (Lipinski definition) is 2. The molecule has 0 bridgehead atoms. The van der Waals surface area contributed by atoms with Crippen LogP contribution < -0.4 is 10.4 Å². The highest BCUT2D eigenvalue weighted by molar-refractivity contribution is 6.04. The lowest BCUT2D eigenvalue weighted by atomic mass is 10.1. The molecule has 2 rings (SSSR count). The van der Waals surface area contributed by atoms with Crippen LogP contribution in [0.3, 0.4) is 0 Å². The van der Waals surface area contributed by atoms with Gasteiger partial charge in [-0.25, -0.2) is 0 Å². The number of rotatable bonds is 2. The summed E-state index contributed by atoms with van der Waals surface area (Å²) < 4.78 is 13.2. The third-order valence-electron chi connectivity index (χ3n) is 2.09. The summed E-state index contributed by atoms with van der Waals surface area (Å²) in [5.41, 5.74) is 1.04. The van der Waals surface area contributed by atoms with Crippen molar-refractivity contribution in [1.29, 1.82) is 0 Å². The van der Waals surface area contributed by atoms with Gasteiger partial charge in [0.1, 0.15) is 5.69 Å². The van der Waals surface area contributed by atoms with Crippen LogP contribution in [0.4, 0.5) is 15.9 Å². The molecule has 1 aromatic rings. The van der Waals surface area contributed by atoms with Crippen molar-refractivity contribution in [3.05, 3.63) is 23.8 Å². The first kappa shape index (κ1) is 8.68. The smallest absolute Gasteiger partial charge is 0.259 e. The Balaban J connectivity index is 2.51. The van der Waals surface area contributed by atoms with Crippen molar-refractivity contribution in [2.75, 3.05) is 10.4 Å². The SMILES string of the molecule is O=CNc1cccc2c1N(F)C(=O)C2. The quantitative estimate of drug-likeness (QED) is 0.564. The summed E-state index contributed by atoms with van der Waals surface area (Å²) >= 11 is 0. The number of hydrogen-bond donors (Lipinski definition) is 1. The maximum atomic E-state index is 13.2. The van der Waals surface area contributed by atoms with E-state index < -0.39 is 5.91 Å². The molecule has 1 N–H and O–H groups in total. The van der Waals surface area contributed by atoms with E-state index in [0.29, 0.717) is 17.7 Å². The van der Waals surface area contributed by atoms with Crippen molar-refractivity contribution in [2.45, 2.75) is 6.42 Å². The van der Waals surface area contributed by atoms with Crippen LogP contribution in [0.15, 0.2) is 18.2 Å². The van der Waals surface area contributed by atoms with E-state index in [-0.39, 0.29) is 17.2 Å². The van der Waals surface area contributed by atoms with Gasteiger partial charge in [-0.15, -0.1) is 5.12 Å². The minimum Gasteiger partial charge on any atom is -0.327 e. The molecule has 1 aromatic carbocycles. The van der Waals surface area contributed by atoms with Crippen LogP contribution in [-0.4, -0.2) is 12.3 Å². The first-order valence-corrected chi connectivity index (χ1v) is 4.05. The minimum atomic E-state index is -0.611. The van der Waals surface area contributed by atoms with E-state index in [1.54, 1.807) is 18.2 Å². The van der Waals surface area contributed by atoms with E-state index in [1.807, 2.05) is 0 Å². The van der Waals surface area contributed by atoms with Gasteiger partial charge in [0.15, 0.2) is 0 Å². The molecular formula is C9H7FN2O2. The Morgan fingerprint density at radius 1 is 1.50 bits per heavy atom. The Kier molecular flexibility index (Phi) is 1.92. The number of halogens is 1. The number of fused-ring (bicyclic) bond motifs is 1. The number of anilines is 2. The van der Waals surface area contributed by atoms with E-state index in [9.17, 15) is 14.1 Å². The predicted octanol–water partition coefficient (Wildman–Crippen LogP) is 1.03. The minimum absolute atomic E-state index is 0.0419. The fourth-order valence-corrected chi connectivity index (χ4v) is 1.50. The van der Waals surface area contributed by atoms with Crippen molar-refractivity contribution < 1.29 is 14.1 Å². The zero-order valence-corrected chi connectivity index (χ0v) is 7.16. The van der Waals surface area contributed by atoms with Crippen molar-refractivity contribution >= 4 is 23.7 Å². The Morgan fingerprint density at radius 2 is 2.29 bits per heavy atom. The van der Waals surface area contributed by atoms with Crippen LogP contribution in [0.5, 0.6) is 0 Å². The molecule has 0 saturated heterocycles. The van der Waals surface area contributed by atoms with Crippen molar-refractivity contribution in [3.63, 3.8) is 0 Å². The molecule has 0 unspecified atom stereocenters. The Bertz CT molecular complexity index is 406. The lowest BCUT2D eigenvalue weighted by molar-refractivity contribution is -0.119. The van der Waals surface area contributed by atoms with Gasteiger partial charge >= 0.3 is 0 Å². The normalized spacial score (nSPS) is 14.1. The van der Waals surface area contributed by atoms with E-state index in [4.69, 9.17) is 0 Å². The molecule has 14 heavy (non-hydrogen) atoms. The second kappa shape index (κ2) is 3.10. The molecule has 1 aliphatic rings. The second-order valence-electron chi connectivity index (χ2n) is 2.93. The average Bonchev–Trinajstić information content (AvgIpc) is 2.45. The average molecular weight is 194 g/mol. The van der Waals surface area contributed by atoms with Crippen molar-refractivity contribution in [2.24, 2.45) is 0 Å². The molecule has 0 saturated carbocycles. The molecule has 0 aromatic heterocycles. The van der Waals surface area contributed by atoms with E-state index >= 15 is 0 Å². The van der Waals surface area contributed by atoms with Gasteiger partial charge in [0.2, 0.25) is 6.41 Å². The number of benzene rings is 1. The highest BCUT2D eigenvalue weighted by atomic mass is 19.2. The third kappa shape index (κ3) is 1.14. The van der Waals surface area contributed by atoms with E-state index in [0.717, 1.165) is 0 Å². The lowest BCUT2D eigenvalue weighted by Gasteiger charge is -2.09. The fraction of sp³-hybridized carbons (Fsp3) is 0.111. The predicted molar refractivity (Wildman–Crippen MR) is 48.4 cm³/mol. The van der Waals surface area contributed by atoms with Crippen LogP contribution in [0, 0.1) is 0 Å². The zero-order valence-electron chi connectivity index (χ0n) is 7.16. The first-order chi connectivity index (χ1) is 6.74. The highest BCUT2D eigenvalue weighted by Crippen LogP contribution is 2.35. The molecule has 1 heterocycles. The topological polar surface area (TPSA) is 49.4 Å². The summed E-state index contributed by atoms with van der Waals surface area (Å²) in [6, 6.07) is 4.86. The fourth-order valence-electron chi connectivity index (χ4n) is 1.50. The molecule has 72 valence electrons. The maximum absolute atomic E-state index is 13.2. The number of nitrogens with zero attached hydrogens (tertiary/aromatic N) is 1.